The molecule has 0 aromatic heterocycles. The van der Waals surface area contributed by atoms with Gasteiger partial charge < -0.3 is 9.84 Å². The van der Waals surface area contributed by atoms with Gasteiger partial charge in [-0.25, -0.2) is 0 Å². The average molecular weight is 543 g/mol. The number of esters is 1. The average Bonchev–Trinajstić information content (AvgIpc) is 2.91. The molecule has 1 unspecified atom stereocenters. The van der Waals surface area contributed by atoms with Crippen molar-refractivity contribution in [1.82, 2.24) is 0 Å². The fourth-order valence-corrected chi connectivity index (χ4v) is 4.27. The Morgan fingerprint density at radius 2 is 1.08 bits per heavy atom. The zero-order valence-corrected chi connectivity index (χ0v) is 25.2. The lowest BCUT2D eigenvalue weighted by Crippen LogP contribution is -2.18. The number of carbonyl (C=O) groups is 2. The molecule has 0 aromatic carbocycles. The van der Waals surface area contributed by atoms with E-state index in [0.29, 0.717) is 12.8 Å². The van der Waals surface area contributed by atoms with E-state index in [1.165, 1.54) is 25.7 Å². The van der Waals surface area contributed by atoms with Gasteiger partial charge in [-0.15, -0.1) is 0 Å². The van der Waals surface area contributed by atoms with Crippen molar-refractivity contribution < 1.29 is 19.4 Å². The van der Waals surface area contributed by atoms with E-state index in [1.807, 2.05) is 0 Å². The number of allylic oxidation sites excluding steroid dienone is 10. The van der Waals surface area contributed by atoms with E-state index in [1.54, 1.807) is 0 Å². The van der Waals surface area contributed by atoms with Gasteiger partial charge in [0.15, 0.2) is 0 Å². The van der Waals surface area contributed by atoms with E-state index in [0.717, 1.165) is 89.9 Å². The van der Waals surface area contributed by atoms with Crippen LogP contribution in [0.4, 0.5) is 0 Å². The molecule has 4 nitrogen and oxygen atoms in total. The fraction of sp³-hybridized carbons (Fsp3) is 0.657. The largest absolute Gasteiger partial charge is 0.481 e. The van der Waals surface area contributed by atoms with Crippen LogP contribution in [0.15, 0.2) is 60.8 Å². The second-order valence-electron chi connectivity index (χ2n) is 10.3. The molecule has 0 aliphatic rings. The Kier molecular flexibility index (Phi) is 28.4. The minimum Gasteiger partial charge on any atom is -0.481 e. The van der Waals surface area contributed by atoms with Crippen molar-refractivity contribution >= 4 is 11.9 Å². The van der Waals surface area contributed by atoms with Gasteiger partial charge in [-0.3, -0.25) is 9.59 Å². The molecular weight excluding hydrogens is 484 g/mol. The smallest absolute Gasteiger partial charge is 0.306 e. The lowest BCUT2D eigenvalue weighted by atomic mass is 10.0. The zero-order valence-electron chi connectivity index (χ0n) is 25.2. The number of carbonyl (C=O) groups excluding carboxylic acids is 1. The van der Waals surface area contributed by atoms with Gasteiger partial charge in [-0.05, 0) is 70.6 Å². The fourth-order valence-electron chi connectivity index (χ4n) is 4.27. The molecule has 0 fully saturated rings. The van der Waals surface area contributed by atoms with E-state index >= 15 is 0 Å². The highest BCUT2D eigenvalue weighted by molar-refractivity contribution is 5.69. The molecule has 0 aliphatic heterocycles. The Bertz CT molecular complexity index is 714. The van der Waals surface area contributed by atoms with Crippen molar-refractivity contribution in [3.63, 3.8) is 0 Å². The van der Waals surface area contributed by atoms with Crippen molar-refractivity contribution in [2.45, 2.75) is 148 Å². The Labute approximate surface area is 240 Å². The second-order valence-corrected chi connectivity index (χ2v) is 10.3. The molecule has 4 heteroatoms. The molecule has 222 valence electrons. The first-order chi connectivity index (χ1) is 19.1. The van der Waals surface area contributed by atoms with Crippen LogP contribution in [-0.4, -0.2) is 23.1 Å². The second kappa shape index (κ2) is 30.2. The minimum absolute atomic E-state index is 0.0536. The van der Waals surface area contributed by atoms with Crippen molar-refractivity contribution in [3.05, 3.63) is 60.8 Å². The number of ether oxygens (including phenoxy) is 1. The van der Waals surface area contributed by atoms with Crippen molar-refractivity contribution in [3.8, 4) is 0 Å². The van der Waals surface area contributed by atoms with E-state index in [4.69, 9.17) is 9.84 Å². The van der Waals surface area contributed by atoms with Gasteiger partial charge in [0, 0.05) is 12.8 Å². The predicted octanol–water partition coefficient (Wildman–Crippen LogP) is 10.6. The number of aliphatic carboxylic acids is 1. The zero-order chi connectivity index (χ0) is 28.7. The van der Waals surface area contributed by atoms with Gasteiger partial charge in [0.1, 0.15) is 6.10 Å². The number of rotatable bonds is 27. The summed E-state index contributed by atoms with van der Waals surface area (Å²) in [5.41, 5.74) is 0. The molecule has 0 heterocycles. The first-order valence-electron chi connectivity index (χ1n) is 15.8. The summed E-state index contributed by atoms with van der Waals surface area (Å²) in [6, 6.07) is 0. The van der Waals surface area contributed by atoms with Crippen LogP contribution in [0.3, 0.4) is 0 Å². The summed E-state index contributed by atoms with van der Waals surface area (Å²) in [6.45, 7) is 4.30. The van der Waals surface area contributed by atoms with Crippen LogP contribution in [0, 0.1) is 0 Å². The third-order valence-electron chi connectivity index (χ3n) is 6.48. The maximum atomic E-state index is 12.3. The van der Waals surface area contributed by atoms with E-state index in [9.17, 15) is 9.59 Å². The van der Waals surface area contributed by atoms with E-state index in [-0.39, 0.29) is 12.1 Å². The summed E-state index contributed by atoms with van der Waals surface area (Å²) < 4.78 is 5.78. The topological polar surface area (TPSA) is 63.6 Å². The lowest BCUT2D eigenvalue weighted by Gasteiger charge is -2.17. The Hall–Kier alpha value is -2.36. The van der Waals surface area contributed by atoms with Gasteiger partial charge in [0.25, 0.3) is 0 Å². The monoisotopic (exact) mass is 542 g/mol. The molecule has 0 bridgehead atoms. The van der Waals surface area contributed by atoms with Crippen molar-refractivity contribution in [1.29, 1.82) is 0 Å². The highest BCUT2D eigenvalue weighted by Crippen LogP contribution is 2.16. The van der Waals surface area contributed by atoms with Gasteiger partial charge in [0.05, 0.1) is 0 Å². The van der Waals surface area contributed by atoms with Crippen LogP contribution in [0.1, 0.15) is 142 Å². The molecular formula is C35H58O4. The highest BCUT2D eigenvalue weighted by Gasteiger charge is 2.13. The van der Waals surface area contributed by atoms with Crippen molar-refractivity contribution in [2.75, 3.05) is 0 Å². The molecule has 0 aromatic rings. The molecule has 0 saturated heterocycles. The number of hydrogen-bond acceptors (Lipinski definition) is 3. The number of carboxylic acid groups (broad SMARTS) is 1. The number of hydrogen-bond donors (Lipinski definition) is 1. The van der Waals surface area contributed by atoms with Crippen LogP contribution in [-0.2, 0) is 14.3 Å². The van der Waals surface area contributed by atoms with E-state index in [2.05, 4.69) is 74.6 Å². The third kappa shape index (κ3) is 30.0. The quantitative estimate of drug-likeness (QED) is 0.0637. The Morgan fingerprint density at radius 1 is 0.590 bits per heavy atom. The lowest BCUT2D eigenvalue weighted by molar-refractivity contribution is -0.150. The predicted molar refractivity (Wildman–Crippen MR) is 167 cm³/mol. The van der Waals surface area contributed by atoms with Crippen LogP contribution in [0.25, 0.3) is 0 Å². The molecule has 1 atom stereocenters. The maximum Gasteiger partial charge on any atom is 0.306 e. The van der Waals surface area contributed by atoms with Crippen LogP contribution >= 0.6 is 0 Å². The first kappa shape index (κ1) is 36.6. The Morgan fingerprint density at radius 3 is 1.59 bits per heavy atom. The molecule has 0 aliphatic carbocycles. The molecule has 0 amide bonds. The molecule has 0 saturated carbocycles. The normalized spacial score (nSPS) is 13.1. The molecule has 0 rings (SSSR count). The standard InChI is InChI=1S/C35H58O4/c1-3-5-6-7-8-9-10-11-12-13-14-15-16-17-22-25-28-32-35(38)39-33(29-4-2)30-26-23-20-18-19-21-24-27-31-34(36)37/h5-6,8-9,11-12,14-15,17,22,33H,3-4,7,10,13,16,18-21,23-32H2,1-2H3,(H,36,37)/b6-5-,9-8-,12-11-,15-14-,22-17-. The maximum absolute atomic E-state index is 12.3. The Balaban J connectivity index is 3.76. The highest BCUT2D eigenvalue weighted by atomic mass is 16.5. The summed E-state index contributed by atoms with van der Waals surface area (Å²) in [5.74, 6) is -0.746. The minimum atomic E-state index is -0.692. The number of carboxylic acids is 1. The van der Waals surface area contributed by atoms with Gasteiger partial charge in [-0.2, -0.15) is 0 Å². The van der Waals surface area contributed by atoms with Crippen LogP contribution < -0.4 is 0 Å². The van der Waals surface area contributed by atoms with E-state index < -0.39 is 5.97 Å². The van der Waals surface area contributed by atoms with Crippen LogP contribution in [0.5, 0.6) is 0 Å². The van der Waals surface area contributed by atoms with Gasteiger partial charge >= 0.3 is 11.9 Å². The van der Waals surface area contributed by atoms with Crippen molar-refractivity contribution in [2.24, 2.45) is 0 Å². The van der Waals surface area contributed by atoms with Gasteiger partial charge in [0.2, 0.25) is 0 Å². The summed E-state index contributed by atoms with van der Waals surface area (Å²) in [6.07, 6.45) is 41.4. The summed E-state index contributed by atoms with van der Waals surface area (Å²) in [5, 5.41) is 8.65. The molecule has 0 radical (unpaired) electrons. The number of unbranched alkanes of at least 4 members (excludes halogenated alkanes) is 8. The summed E-state index contributed by atoms with van der Waals surface area (Å²) in [4.78, 5) is 22.8. The van der Waals surface area contributed by atoms with Gasteiger partial charge in [-0.1, -0.05) is 120 Å². The summed E-state index contributed by atoms with van der Waals surface area (Å²) in [7, 11) is 0. The molecule has 39 heavy (non-hydrogen) atoms. The molecule has 1 N–H and O–H groups in total. The first-order valence-corrected chi connectivity index (χ1v) is 15.8. The van der Waals surface area contributed by atoms with Crippen LogP contribution in [0.2, 0.25) is 0 Å². The SMILES string of the molecule is CC/C=C\C/C=C\C/C=C\C/C=C\C/C=C\CCCC(=O)OC(CCC)CCCCCCCCCCC(=O)O. The molecule has 0 spiro atoms. The third-order valence-corrected chi connectivity index (χ3v) is 6.48. The summed E-state index contributed by atoms with van der Waals surface area (Å²) >= 11 is 0.